The normalized spacial score (nSPS) is 11.7. The maximum atomic E-state index is 10.7. The third-order valence-corrected chi connectivity index (χ3v) is 5.25. The van der Waals surface area contributed by atoms with Gasteiger partial charge in [0.15, 0.2) is 0 Å². The fraction of sp³-hybridized carbons (Fsp3) is 0.875. The minimum atomic E-state index is -0.841. The van der Waals surface area contributed by atoms with Crippen LogP contribution in [-0.4, -0.2) is 60.4 Å². The van der Waals surface area contributed by atoms with Crippen molar-refractivity contribution < 1.29 is 15.0 Å². The highest BCUT2D eigenvalue weighted by atomic mass is 16.4. The Morgan fingerprint density at radius 3 is 1.90 bits per heavy atom. The maximum Gasteiger partial charge on any atom is 0.317 e. The number of hydrogen-bond donors (Lipinski definition) is 3. The Kier molecular flexibility index (Phi) is 22.6. The molecule has 0 amide bonds. The first-order valence-corrected chi connectivity index (χ1v) is 12.1. The van der Waals surface area contributed by atoms with E-state index in [1.54, 1.807) is 4.90 Å². The molecule has 0 unspecified atom stereocenters. The highest BCUT2D eigenvalue weighted by Crippen LogP contribution is 2.09. The number of aliphatic hydroxyl groups is 1. The molecule has 0 bridgehead atoms. The van der Waals surface area contributed by atoms with Gasteiger partial charge >= 0.3 is 5.97 Å². The quantitative estimate of drug-likeness (QED) is 0.163. The van der Waals surface area contributed by atoms with Crippen LogP contribution in [0.5, 0.6) is 0 Å². The molecule has 5 heteroatoms. The van der Waals surface area contributed by atoms with Crippen LogP contribution >= 0.6 is 0 Å². The van der Waals surface area contributed by atoms with Gasteiger partial charge in [0.25, 0.3) is 0 Å². The molecule has 0 rings (SSSR count). The molecule has 0 aromatic rings. The van der Waals surface area contributed by atoms with Gasteiger partial charge in [-0.15, -0.1) is 0 Å². The molecule has 0 spiro atoms. The summed E-state index contributed by atoms with van der Waals surface area (Å²) in [5.41, 5.74) is 0. The smallest absolute Gasteiger partial charge is 0.317 e. The topological polar surface area (TPSA) is 72.8 Å². The lowest BCUT2D eigenvalue weighted by Crippen LogP contribution is -2.37. The first-order chi connectivity index (χ1) is 14.2. The summed E-state index contributed by atoms with van der Waals surface area (Å²) < 4.78 is 0. The first kappa shape index (κ1) is 28.1. The van der Waals surface area contributed by atoms with Gasteiger partial charge in [0, 0.05) is 19.6 Å². The Morgan fingerprint density at radius 2 is 1.34 bits per heavy atom. The maximum absolute atomic E-state index is 10.7. The molecule has 0 aliphatic heterocycles. The van der Waals surface area contributed by atoms with Crippen LogP contribution in [0.15, 0.2) is 12.2 Å². The molecule has 172 valence electrons. The van der Waals surface area contributed by atoms with Gasteiger partial charge in [0.2, 0.25) is 0 Å². The monoisotopic (exact) mass is 412 g/mol. The van der Waals surface area contributed by atoms with Gasteiger partial charge in [-0.1, -0.05) is 76.9 Å². The molecule has 0 aromatic heterocycles. The zero-order valence-corrected chi connectivity index (χ0v) is 19.0. The molecule has 0 atom stereocenters. The second-order valence-electron chi connectivity index (χ2n) is 8.08. The van der Waals surface area contributed by atoms with Gasteiger partial charge in [-0.25, -0.2) is 0 Å². The second-order valence-corrected chi connectivity index (χ2v) is 8.08. The van der Waals surface area contributed by atoms with Crippen LogP contribution in [0.2, 0.25) is 0 Å². The molecular formula is C24H48N2O3. The molecule has 0 aromatic carbocycles. The predicted molar refractivity (Wildman–Crippen MR) is 123 cm³/mol. The van der Waals surface area contributed by atoms with Crippen LogP contribution in [0.4, 0.5) is 0 Å². The lowest BCUT2D eigenvalue weighted by atomic mass is 10.1. The summed E-state index contributed by atoms with van der Waals surface area (Å²) in [6.07, 6.45) is 23.3. The number of aliphatic hydroxyl groups excluding tert-OH is 1. The van der Waals surface area contributed by atoms with Crippen LogP contribution in [0.25, 0.3) is 0 Å². The van der Waals surface area contributed by atoms with Crippen molar-refractivity contribution in [1.29, 1.82) is 0 Å². The average molecular weight is 413 g/mol. The lowest BCUT2D eigenvalue weighted by Gasteiger charge is -2.19. The minimum Gasteiger partial charge on any atom is -0.480 e. The van der Waals surface area contributed by atoms with E-state index in [2.05, 4.69) is 24.4 Å². The summed E-state index contributed by atoms with van der Waals surface area (Å²) in [6, 6.07) is 0. The highest BCUT2D eigenvalue weighted by Gasteiger charge is 2.07. The van der Waals surface area contributed by atoms with Crippen molar-refractivity contribution in [1.82, 2.24) is 10.2 Å². The molecule has 3 N–H and O–H groups in total. The number of unbranched alkanes of at least 4 members (excludes halogenated alkanes) is 12. The predicted octanol–water partition coefficient (Wildman–Crippen LogP) is 4.99. The molecule has 0 radical (unpaired) electrons. The number of carbonyl (C=O) groups is 1. The van der Waals surface area contributed by atoms with Crippen molar-refractivity contribution in [2.75, 3.05) is 39.3 Å². The van der Waals surface area contributed by atoms with Crippen molar-refractivity contribution >= 4 is 5.97 Å². The summed E-state index contributed by atoms with van der Waals surface area (Å²) >= 11 is 0. The zero-order chi connectivity index (χ0) is 21.4. The minimum absolute atomic E-state index is 0.00218. The third kappa shape index (κ3) is 23.2. The Morgan fingerprint density at radius 1 is 0.793 bits per heavy atom. The highest BCUT2D eigenvalue weighted by molar-refractivity contribution is 5.69. The average Bonchev–Trinajstić information content (AvgIpc) is 2.69. The van der Waals surface area contributed by atoms with E-state index in [9.17, 15) is 4.79 Å². The first-order valence-electron chi connectivity index (χ1n) is 12.1. The fourth-order valence-electron chi connectivity index (χ4n) is 3.46. The molecule has 0 aliphatic carbocycles. The molecule has 0 saturated carbocycles. The Bertz CT molecular complexity index is 375. The van der Waals surface area contributed by atoms with Crippen molar-refractivity contribution in [3.63, 3.8) is 0 Å². The van der Waals surface area contributed by atoms with E-state index in [0.29, 0.717) is 13.1 Å². The van der Waals surface area contributed by atoms with Gasteiger partial charge < -0.3 is 15.5 Å². The van der Waals surface area contributed by atoms with Gasteiger partial charge in [0.05, 0.1) is 13.2 Å². The van der Waals surface area contributed by atoms with Gasteiger partial charge in [-0.2, -0.15) is 0 Å². The Labute approximate surface area is 180 Å². The third-order valence-electron chi connectivity index (χ3n) is 5.25. The standard InChI is InChI=1S/C24H48N2O3/c1-2-3-4-5-6-7-8-9-10-11-12-13-14-15-16-17-18-25-19-20-26(21-22-27)23-24(28)29/h9-10,25,27H,2-8,11-23H2,1H3,(H,28,29). The molecule has 5 nitrogen and oxygen atoms in total. The number of hydrogen-bond acceptors (Lipinski definition) is 4. The van der Waals surface area contributed by atoms with Crippen molar-refractivity contribution in [3.05, 3.63) is 12.2 Å². The van der Waals surface area contributed by atoms with Crippen LogP contribution < -0.4 is 5.32 Å². The summed E-state index contributed by atoms with van der Waals surface area (Å²) in [5.74, 6) is -0.841. The molecular weight excluding hydrogens is 364 g/mol. The van der Waals surface area contributed by atoms with E-state index in [-0.39, 0.29) is 13.2 Å². The van der Waals surface area contributed by atoms with E-state index >= 15 is 0 Å². The second kappa shape index (κ2) is 23.4. The number of nitrogens with zero attached hydrogens (tertiary/aromatic N) is 1. The summed E-state index contributed by atoms with van der Waals surface area (Å²) in [6.45, 7) is 5.11. The molecule has 0 aliphatic rings. The van der Waals surface area contributed by atoms with Crippen molar-refractivity contribution in [3.8, 4) is 0 Å². The van der Waals surface area contributed by atoms with E-state index in [1.807, 2.05) is 0 Å². The van der Waals surface area contributed by atoms with E-state index in [4.69, 9.17) is 10.2 Å². The Balaban J connectivity index is 3.27. The summed E-state index contributed by atoms with van der Waals surface area (Å²) in [7, 11) is 0. The van der Waals surface area contributed by atoms with Gasteiger partial charge in [-0.3, -0.25) is 9.69 Å². The number of carboxylic acids is 1. The molecule has 0 fully saturated rings. The van der Waals surface area contributed by atoms with Crippen molar-refractivity contribution in [2.45, 2.75) is 96.8 Å². The molecule has 0 heterocycles. The van der Waals surface area contributed by atoms with E-state index in [1.165, 1.54) is 89.9 Å². The number of nitrogens with one attached hydrogen (secondary N) is 1. The zero-order valence-electron chi connectivity index (χ0n) is 19.0. The van der Waals surface area contributed by atoms with Gasteiger partial charge in [-0.05, 0) is 38.6 Å². The van der Waals surface area contributed by atoms with Crippen LogP contribution in [-0.2, 0) is 4.79 Å². The lowest BCUT2D eigenvalue weighted by molar-refractivity contribution is -0.138. The van der Waals surface area contributed by atoms with Crippen LogP contribution in [0.1, 0.15) is 96.8 Å². The van der Waals surface area contributed by atoms with Gasteiger partial charge in [0.1, 0.15) is 0 Å². The summed E-state index contributed by atoms with van der Waals surface area (Å²) in [4.78, 5) is 12.5. The molecule has 29 heavy (non-hydrogen) atoms. The molecule has 0 saturated heterocycles. The Hall–Kier alpha value is -0.910. The fourth-order valence-corrected chi connectivity index (χ4v) is 3.46. The van der Waals surface area contributed by atoms with Crippen LogP contribution in [0.3, 0.4) is 0 Å². The number of rotatable bonds is 23. The largest absolute Gasteiger partial charge is 0.480 e. The van der Waals surface area contributed by atoms with Crippen molar-refractivity contribution in [2.24, 2.45) is 0 Å². The number of aliphatic carboxylic acids is 1. The number of allylic oxidation sites excluding steroid dienone is 2. The summed E-state index contributed by atoms with van der Waals surface area (Å²) in [5, 5.41) is 21.1. The SMILES string of the molecule is CCCCCCCCC=CCCCCCCCCNCCN(CCO)CC(=O)O. The van der Waals surface area contributed by atoms with E-state index in [0.717, 1.165) is 13.1 Å². The van der Waals surface area contributed by atoms with Crippen LogP contribution in [0, 0.1) is 0 Å². The van der Waals surface area contributed by atoms with E-state index < -0.39 is 5.97 Å². The number of carboxylic acid groups (broad SMARTS) is 1.